The Balaban J connectivity index is 0.00000242. The zero-order chi connectivity index (χ0) is 15.3. The number of aliphatic imine (C=N–C) groups is 1. The zero-order valence-electron chi connectivity index (χ0n) is 12.8. The number of sulfonamides is 1. The van der Waals surface area contributed by atoms with Crippen molar-refractivity contribution in [2.75, 3.05) is 13.6 Å². The first-order valence-electron chi connectivity index (χ1n) is 7.12. The molecule has 6 nitrogen and oxygen atoms in total. The van der Waals surface area contributed by atoms with Crippen LogP contribution in [-0.4, -0.2) is 34.0 Å². The van der Waals surface area contributed by atoms with Gasteiger partial charge in [0, 0.05) is 12.6 Å². The summed E-state index contributed by atoms with van der Waals surface area (Å²) in [4.78, 5) is 4.77. The number of hydrogen-bond acceptors (Lipinski definition) is 3. The molecule has 1 aromatic carbocycles. The molecule has 0 saturated heterocycles. The number of benzene rings is 1. The smallest absolute Gasteiger partial charge is 0.240 e. The van der Waals surface area contributed by atoms with Gasteiger partial charge in [0.2, 0.25) is 10.0 Å². The van der Waals surface area contributed by atoms with Gasteiger partial charge in [0.05, 0.1) is 11.4 Å². The maximum absolute atomic E-state index is 11.6. The highest BCUT2D eigenvalue weighted by Gasteiger charge is 2.22. The highest BCUT2D eigenvalue weighted by atomic mass is 127. The van der Waals surface area contributed by atoms with Gasteiger partial charge >= 0.3 is 0 Å². The minimum atomic E-state index is -3.37. The molecule has 1 saturated carbocycles. The van der Waals surface area contributed by atoms with Crippen LogP contribution in [0.25, 0.3) is 0 Å². The molecule has 1 fully saturated rings. The summed E-state index contributed by atoms with van der Waals surface area (Å²) in [6.07, 6.45) is 2.39. The lowest BCUT2D eigenvalue weighted by Crippen LogP contribution is -2.38. The summed E-state index contributed by atoms with van der Waals surface area (Å²) >= 11 is 0. The van der Waals surface area contributed by atoms with E-state index in [1.807, 2.05) is 6.92 Å². The van der Waals surface area contributed by atoms with Crippen LogP contribution in [0.1, 0.15) is 25.3 Å². The standard InChI is InChI=1S/C14H22N4O2S.HI/c1-3-16-14(18-12-6-7-12)17-10-11-4-8-13(9-5-11)21(19,20)15-2;/h4-5,8-9,12,15H,3,6-7,10H2,1-2H3,(H2,16,17,18);1H. The molecular formula is C14H23IN4O2S. The van der Waals surface area contributed by atoms with Crippen molar-refractivity contribution in [1.82, 2.24) is 15.4 Å². The van der Waals surface area contributed by atoms with Gasteiger partial charge in [-0.25, -0.2) is 18.1 Å². The average molecular weight is 438 g/mol. The van der Waals surface area contributed by atoms with Gasteiger partial charge in [0.15, 0.2) is 5.96 Å². The molecule has 0 bridgehead atoms. The van der Waals surface area contributed by atoms with Crippen molar-refractivity contribution >= 4 is 40.0 Å². The number of guanidine groups is 1. The van der Waals surface area contributed by atoms with Crippen LogP contribution in [0.4, 0.5) is 0 Å². The van der Waals surface area contributed by atoms with Crippen molar-refractivity contribution in [3.63, 3.8) is 0 Å². The Morgan fingerprint density at radius 3 is 2.41 bits per heavy atom. The van der Waals surface area contributed by atoms with Crippen LogP contribution in [0.15, 0.2) is 34.2 Å². The highest BCUT2D eigenvalue weighted by molar-refractivity contribution is 14.0. The van der Waals surface area contributed by atoms with Crippen LogP contribution in [0.5, 0.6) is 0 Å². The fourth-order valence-electron chi connectivity index (χ4n) is 1.80. The zero-order valence-corrected chi connectivity index (χ0v) is 15.9. The van der Waals surface area contributed by atoms with Gasteiger partial charge in [-0.15, -0.1) is 24.0 Å². The minimum absolute atomic E-state index is 0. The first-order chi connectivity index (χ1) is 10.0. The monoisotopic (exact) mass is 438 g/mol. The fourth-order valence-corrected chi connectivity index (χ4v) is 2.53. The van der Waals surface area contributed by atoms with Gasteiger partial charge < -0.3 is 10.6 Å². The fraction of sp³-hybridized carbons (Fsp3) is 0.500. The number of hydrogen-bond donors (Lipinski definition) is 3. The van der Waals surface area contributed by atoms with Crippen LogP contribution in [0, 0.1) is 0 Å². The van der Waals surface area contributed by atoms with Crippen LogP contribution >= 0.6 is 24.0 Å². The van der Waals surface area contributed by atoms with Crippen molar-refractivity contribution < 1.29 is 8.42 Å². The van der Waals surface area contributed by atoms with Crippen LogP contribution in [-0.2, 0) is 16.6 Å². The third kappa shape index (κ3) is 5.73. The van der Waals surface area contributed by atoms with Crippen LogP contribution in [0.3, 0.4) is 0 Å². The lowest BCUT2D eigenvalue weighted by atomic mass is 10.2. The van der Waals surface area contributed by atoms with Gasteiger partial charge in [-0.2, -0.15) is 0 Å². The summed E-state index contributed by atoms with van der Waals surface area (Å²) in [6, 6.07) is 7.31. The normalized spacial score (nSPS) is 15.1. The molecule has 22 heavy (non-hydrogen) atoms. The minimum Gasteiger partial charge on any atom is -0.357 e. The molecule has 0 spiro atoms. The summed E-state index contributed by atoms with van der Waals surface area (Å²) in [6.45, 7) is 3.36. The molecule has 0 amide bonds. The van der Waals surface area contributed by atoms with E-state index >= 15 is 0 Å². The second kappa shape index (κ2) is 8.68. The predicted molar refractivity (Wildman–Crippen MR) is 99.1 cm³/mol. The predicted octanol–water partition coefficient (Wildman–Crippen LogP) is 1.43. The van der Waals surface area contributed by atoms with E-state index in [0.717, 1.165) is 18.1 Å². The number of nitrogens with zero attached hydrogens (tertiary/aromatic N) is 1. The van der Waals surface area contributed by atoms with Gasteiger partial charge in [-0.1, -0.05) is 12.1 Å². The number of nitrogens with one attached hydrogen (secondary N) is 3. The first kappa shape index (κ1) is 19.2. The number of halogens is 1. The Hall–Kier alpha value is -0.870. The lowest BCUT2D eigenvalue weighted by molar-refractivity contribution is 0.588. The van der Waals surface area contributed by atoms with E-state index in [9.17, 15) is 8.42 Å². The van der Waals surface area contributed by atoms with Crippen molar-refractivity contribution in [2.24, 2.45) is 4.99 Å². The highest BCUT2D eigenvalue weighted by Crippen LogP contribution is 2.18. The van der Waals surface area contributed by atoms with Crippen molar-refractivity contribution in [2.45, 2.75) is 37.2 Å². The van der Waals surface area contributed by atoms with E-state index in [4.69, 9.17) is 0 Å². The van der Waals surface area contributed by atoms with E-state index in [1.54, 1.807) is 24.3 Å². The third-order valence-electron chi connectivity index (χ3n) is 3.18. The molecule has 0 aliphatic heterocycles. The summed E-state index contributed by atoms with van der Waals surface area (Å²) in [5, 5.41) is 6.54. The molecule has 8 heteroatoms. The quantitative estimate of drug-likeness (QED) is 0.357. The SMILES string of the molecule is CCNC(=NCc1ccc(S(=O)(=O)NC)cc1)NC1CC1.I. The summed E-state index contributed by atoms with van der Waals surface area (Å²) in [5.41, 5.74) is 0.970. The van der Waals surface area contributed by atoms with E-state index in [1.165, 1.54) is 19.9 Å². The van der Waals surface area contributed by atoms with E-state index in [2.05, 4.69) is 20.3 Å². The Labute approximate surface area is 149 Å². The second-order valence-electron chi connectivity index (χ2n) is 4.97. The molecule has 0 radical (unpaired) electrons. The molecule has 0 heterocycles. The van der Waals surface area contributed by atoms with E-state index < -0.39 is 10.0 Å². The maximum Gasteiger partial charge on any atom is 0.240 e. The molecule has 1 aliphatic rings. The largest absolute Gasteiger partial charge is 0.357 e. The molecule has 0 aromatic heterocycles. The molecule has 0 atom stereocenters. The van der Waals surface area contributed by atoms with Crippen molar-refractivity contribution in [3.05, 3.63) is 29.8 Å². The first-order valence-corrected chi connectivity index (χ1v) is 8.61. The van der Waals surface area contributed by atoms with Crippen LogP contribution in [0.2, 0.25) is 0 Å². The maximum atomic E-state index is 11.6. The molecule has 2 rings (SSSR count). The average Bonchev–Trinajstić information content (AvgIpc) is 3.29. The molecule has 1 aromatic rings. The number of rotatable bonds is 6. The van der Waals surface area contributed by atoms with Crippen molar-refractivity contribution in [1.29, 1.82) is 0 Å². The molecule has 0 unspecified atom stereocenters. The van der Waals surface area contributed by atoms with Gasteiger partial charge in [0.25, 0.3) is 0 Å². The van der Waals surface area contributed by atoms with Crippen LogP contribution < -0.4 is 15.4 Å². The Kier molecular flexibility index (Phi) is 7.57. The van der Waals surface area contributed by atoms with E-state index in [-0.39, 0.29) is 28.9 Å². The molecular weight excluding hydrogens is 415 g/mol. The molecule has 124 valence electrons. The Morgan fingerprint density at radius 2 is 1.91 bits per heavy atom. The third-order valence-corrected chi connectivity index (χ3v) is 4.61. The summed E-state index contributed by atoms with van der Waals surface area (Å²) < 4.78 is 25.6. The van der Waals surface area contributed by atoms with E-state index in [0.29, 0.717) is 12.6 Å². The molecule has 3 N–H and O–H groups in total. The molecule has 1 aliphatic carbocycles. The lowest BCUT2D eigenvalue weighted by Gasteiger charge is -2.10. The van der Waals surface area contributed by atoms with Crippen molar-refractivity contribution in [3.8, 4) is 0 Å². The second-order valence-corrected chi connectivity index (χ2v) is 6.85. The summed E-state index contributed by atoms with van der Waals surface area (Å²) in [5.74, 6) is 0.812. The Bertz CT molecular complexity index is 598. The summed E-state index contributed by atoms with van der Waals surface area (Å²) in [7, 11) is -1.97. The topological polar surface area (TPSA) is 82.6 Å². The van der Waals surface area contributed by atoms with Gasteiger partial charge in [-0.3, -0.25) is 0 Å². The van der Waals surface area contributed by atoms with Gasteiger partial charge in [-0.05, 0) is 44.5 Å². The Morgan fingerprint density at radius 1 is 1.27 bits per heavy atom. The van der Waals surface area contributed by atoms with Gasteiger partial charge in [0.1, 0.15) is 0 Å².